The van der Waals surface area contributed by atoms with Crippen molar-refractivity contribution in [1.29, 1.82) is 0 Å². The van der Waals surface area contributed by atoms with Crippen molar-refractivity contribution in [2.75, 3.05) is 0 Å². The van der Waals surface area contributed by atoms with Gasteiger partial charge in [-0.15, -0.1) is 0 Å². The number of rotatable bonds is 4. The van der Waals surface area contributed by atoms with Gasteiger partial charge in [-0.2, -0.15) is 0 Å². The van der Waals surface area contributed by atoms with Crippen molar-refractivity contribution in [3.63, 3.8) is 0 Å². The van der Waals surface area contributed by atoms with Gasteiger partial charge in [-0.1, -0.05) is 32.0 Å². The lowest BCUT2D eigenvalue weighted by molar-refractivity contribution is -0.235. The topological polar surface area (TPSA) is 80.9 Å². The number of fused-ring (bicyclic) bond motifs is 1. The third kappa shape index (κ3) is 2.60. The molecule has 1 aromatic heterocycles. The van der Waals surface area contributed by atoms with E-state index in [9.17, 15) is 9.90 Å². The summed E-state index contributed by atoms with van der Waals surface area (Å²) in [6.45, 7) is 8.92. The summed E-state index contributed by atoms with van der Waals surface area (Å²) in [6.07, 6.45) is 3.16. The van der Waals surface area contributed by atoms with Gasteiger partial charge in [0.2, 0.25) is 0 Å². The Bertz CT molecular complexity index is 973. The Hall–Kier alpha value is -1.99. The quantitative estimate of drug-likeness (QED) is 0.754. The third-order valence-corrected chi connectivity index (χ3v) is 8.20. The maximum absolute atomic E-state index is 11.6. The SMILES string of the molecule is CC1(C)[C@H]2C[C@@H]1[C@]1(C)OB(C(Cc3coc4ccccc34)NC(=O)O)O[C@]1(C)C2. The van der Waals surface area contributed by atoms with Crippen LogP contribution in [-0.2, 0) is 15.7 Å². The fraction of sp³-hybridized carbons (Fsp3) is 0.591. The molecule has 1 aliphatic heterocycles. The molecule has 7 heteroatoms. The molecule has 2 bridgehead atoms. The van der Waals surface area contributed by atoms with Crippen LogP contribution in [0.5, 0.6) is 0 Å². The number of hydrogen-bond acceptors (Lipinski definition) is 4. The van der Waals surface area contributed by atoms with Crippen molar-refractivity contribution in [2.24, 2.45) is 17.3 Å². The van der Waals surface area contributed by atoms with E-state index in [0.717, 1.165) is 29.4 Å². The lowest BCUT2D eigenvalue weighted by Crippen LogP contribution is -2.70. The molecule has 6 rings (SSSR count). The second-order valence-corrected chi connectivity index (χ2v) is 9.97. The highest BCUT2D eigenvalue weighted by molar-refractivity contribution is 6.48. The molecule has 0 radical (unpaired) electrons. The highest BCUT2D eigenvalue weighted by Gasteiger charge is 2.73. The molecule has 154 valence electrons. The van der Waals surface area contributed by atoms with Gasteiger partial charge in [-0.05, 0) is 62.0 Å². The number of furan rings is 1. The molecule has 1 aromatic carbocycles. The molecule has 2 heterocycles. The van der Waals surface area contributed by atoms with Gasteiger partial charge in [0.05, 0.1) is 23.4 Å². The number of hydrogen-bond donors (Lipinski definition) is 2. The summed E-state index contributed by atoms with van der Waals surface area (Å²) in [5, 5.41) is 13.1. The number of amides is 1. The first kappa shape index (κ1) is 19.0. The van der Waals surface area contributed by atoms with Crippen LogP contribution in [0.2, 0.25) is 0 Å². The molecule has 2 aromatic rings. The number of para-hydroxylation sites is 1. The molecule has 4 fully saturated rings. The minimum atomic E-state index is -1.08. The maximum atomic E-state index is 11.6. The van der Waals surface area contributed by atoms with Crippen LogP contribution in [0.3, 0.4) is 0 Å². The van der Waals surface area contributed by atoms with Gasteiger partial charge in [-0.25, -0.2) is 4.79 Å². The molecule has 2 N–H and O–H groups in total. The Morgan fingerprint density at radius 3 is 2.76 bits per heavy atom. The number of nitrogens with one attached hydrogen (secondary N) is 1. The standard InChI is InChI=1S/C22H28BNO5/c1-20(2)14-10-17(20)22(4)21(3,11-14)28-23(29-22)18(24-19(25)26)9-13-12-27-16-8-6-5-7-15(13)16/h5-8,12,14,17-18,24H,9-11H2,1-4H3,(H,25,26)/t14-,17-,18?,21+,22-/m0/s1. The molecule has 29 heavy (non-hydrogen) atoms. The van der Waals surface area contributed by atoms with Crippen molar-refractivity contribution in [3.8, 4) is 0 Å². The lowest BCUT2D eigenvalue weighted by atomic mass is 9.41. The van der Waals surface area contributed by atoms with Gasteiger partial charge in [0.25, 0.3) is 0 Å². The summed E-state index contributed by atoms with van der Waals surface area (Å²) in [7, 11) is -0.634. The Morgan fingerprint density at radius 2 is 2.03 bits per heavy atom. The number of carboxylic acid groups (broad SMARTS) is 1. The van der Waals surface area contributed by atoms with Crippen LogP contribution < -0.4 is 5.32 Å². The van der Waals surface area contributed by atoms with E-state index < -0.39 is 30.4 Å². The van der Waals surface area contributed by atoms with Gasteiger partial charge < -0.3 is 24.1 Å². The number of benzene rings is 1. The normalized spacial score (nSPS) is 35.8. The zero-order valence-corrected chi connectivity index (χ0v) is 17.4. The maximum Gasteiger partial charge on any atom is 0.482 e. The molecular formula is C22H28BNO5. The van der Waals surface area contributed by atoms with Gasteiger partial charge in [0.1, 0.15) is 5.58 Å². The minimum absolute atomic E-state index is 0.225. The Kier molecular flexibility index (Phi) is 3.94. The second kappa shape index (κ2) is 6.02. The van der Waals surface area contributed by atoms with Crippen LogP contribution in [0, 0.1) is 17.3 Å². The monoisotopic (exact) mass is 397 g/mol. The van der Waals surface area contributed by atoms with E-state index in [2.05, 4.69) is 33.0 Å². The van der Waals surface area contributed by atoms with Crippen molar-refractivity contribution in [2.45, 2.75) is 64.1 Å². The van der Waals surface area contributed by atoms with Crippen LogP contribution in [0.1, 0.15) is 46.1 Å². The Morgan fingerprint density at radius 1 is 1.28 bits per heavy atom. The molecule has 1 amide bonds. The molecule has 5 atom stereocenters. The van der Waals surface area contributed by atoms with E-state index in [1.165, 1.54) is 0 Å². The fourth-order valence-corrected chi connectivity index (χ4v) is 6.20. The van der Waals surface area contributed by atoms with Gasteiger partial charge in [-0.3, -0.25) is 0 Å². The smallest absolute Gasteiger partial charge is 0.465 e. The van der Waals surface area contributed by atoms with E-state index in [4.69, 9.17) is 13.7 Å². The van der Waals surface area contributed by atoms with Crippen molar-refractivity contribution >= 4 is 24.2 Å². The van der Waals surface area contributed by atoms with Gasteiger partial charge >= 0.3 is 13.2 Å². The highest BCUT2D eigenvalue weighted by atomic mass is 16.7. The molecule has 4 aliphatic rings. The molecule has 6 nitrogen and oxygen atoms in total. The molecule has 1 saturated heterocycles. The summed E-state index contributed by atoms with van der Waals surface area (Å²) in [5.74, 6) is 0.508. The van der Waals surface area contributed by atoms with Crippen LogP contribution >= 0.6 is 0 Å². The molecule has 3 aliphatic carbocycles. The third-order valence-electron chi connectivity index (χ3n) is 8.20. The largest absolute Gasteiger partial charge is 0.482 e. The first-order chi connectivity index (χ1) is 13.6. The van der Waals surface area contributed by atoms with E-state index in [-0.39, 0.29) is 5.41 Å². The minimum Gasteiger partial charge on any atom is -0.465 e. The molecule has 3 saturated carbocycles. The van der Waals surface area contributed by atoms with E-state index in [1.807, 2.05) is 24.3 Å². The zero-order chi connectivity index (χ0) is 20.6. The number of carbonyl (C=O) groups is 1. The fourth-order valence-electron chi connectivity index (χ4n) is 6.20. The summed E-state index contributed by atoms with van der Waals surface area (Å²) in [4.78, 5) is 11.6. The van der Waals surface area contributed by atoms with E-state index in [0.29, 0.717) is 18.3 Å². The molecular weight excluding hydrogens is 369 g/mol. The van der Waals surface area contributed by atoms with E-state index in [1.54, 1.807) is 6.26 Å². The molecule has 0 spiro atoms. The van der Waals surface area contributed by atoms with Crippen LogP contribution in [0.4, 0.5) is 4.79 Å². The summed E-state index contributed by atoms with van der Waals surface area (Å²) < 4.78 is 18.7. The highest BCUT2D eigenvalue weighted by Crippen LogP contribution is 2.69. The predicted octanol–water partition coefficient (Wildman–Crippen LogP) is 4.27. The predicted molar refractivity (Wildman–Crippen MR) is 110 cm³/mol. The molecule has 1 unspecified atom stereocenters. The summed E-state index contributed by atoms with van der Waals surface area (Å²) in [6, 6.07) is 7.77. The van der Waals surface area contributed by atoms with Crippen molar-refractivity contribution < 1.29 is 23.6 Å². The lowest BCUT2D eigenvalue weighted by Gasteiger charge is -2.67. The Labute approximate surface area is 171 Å². The van der Waals surface area contributed by atoms with Crippen LogP contribution in [0.25, 0.3) is 11.0 Å². The average Bonchev–Trinajstić information content (AvgIpc) is 3.18. The van der Waals surface area contributed by atoms with E-state index >= 15 is 0 Å². The second-order valence-electron chi connectivity index (χ2n) is 9.97. The summed E-state index contributed by atoms with van der Waals surface area (Å²) >= 11 is 0. The Balaban J connectivity index is 1.45. The first-order valence-electron chi connectivity index (χ1n) is 10.4. The first-order valence-corrected chi connectivity index (χ1v) is 10.4. The van der Waals surface area contributed by atoms with Gasteiger partial charge in [0, 0.05) is 5.39 Å². The van der Waals surface area contributed by atoms with Gasteiger partial charge in [0.15, 0.2) is 0 Å². The average molecular weight is 397 g/mol. The van der Waals surface area contributed by atoms with Crippen molar-refractivity contribution in [3.05, 3.63) is 36.1 Å². The zero-order valence-electron chi connectivity index (χ0n) is 17.4. The van der Waals surface area contributed by atoms with Crippen LogP contribution in [0.15, 0.2) is 34.9 Å². The van der Waals surface area contributed by atoms with Crippen LogP contribution in [-0.4, -0.2) is 35.5 Å². The summed E-state index contributed by atoms with van der Waals surface area (Å²) in [5.41, 5.74) is 1.13. The van der Waals surface area contributed by atoms with Crippen molar-refractivity contribution in [1.82, 2.24) is 5.32 Å².